The molecule has 0 spiro atoms. The van der Waals surface area contributed by atoms with E-state index in [1.165, 1.54) is 5.56 Å². The summed E-state index contributed by atoms with van der Waals surface area (Å²) < 4.78 is 6.58. The van der Waals surface area contributed by atoms with Crippen LogP contribution in [-0.2, 0) is 6.42 Å². The summed E-state index contributed by atoms with van der Waals surface area (Å²) in [7, 11) is 0. The molecule has 1 nitrogen and oxygen atoms in total. The minimum Gasteiger partial charge on any atom is -0.465 e. The molecule has 0 aliphatic heterocycles. The molecule has 0 aliphatic rings. The highest BCUT2D eigenvalue weighted by molar-refractivity contribution is 9.10. The fourth-order valence-electron chi connectivity index (χ4n) is 1.55. The summed E-state index contributed by atoms with van der Waals surface area (Å²) in [5.74, 6) is 1.73. The molecule has 0 bridgehead atoms. The molecule has 1 unspecified atom stereocenters. The Balaban J connectivity index is 2.07. The first kappa shape index (κ1) is 11.7. The van der Waals surface area contributed by atoms with Gasteiger partial charge in [-0.25, -0.2) is 0 Å². The maximum atomic E-state index is 6.29. The average Bonchev–Trinajstić information content (AvgIpc) is 2.68. The van der Waals surface area contributed by atoms with Crippen molar-refractivity contribution in [3.8, 4) is 0 Å². The number of hydrogen-bond donors (Lipinski definition) is 0. The van der Waals surface area contributed by atoms with Crippen molar-refractivity contribution in [2.75, 3.05) is 0 Å². The molecule has 84 valence electrons. The van der Waals surface area contributed by atoms with E-state index in [0.717, 1.165) is 22.4 Å². The van der Waals surface area contributed by atoms with Gasteiger partial charge in [-0.3, -0.25) is 0 Å². The predicted molar refractivity (Wildman–Crippen MR) is 69.9 cm³/mol. The molecule has 16 heavy (non-hydrogen) atoms. The van der Waals surface area contributed by atoms with E-state index < -0.39 is 0 Å². The maximum Gasteiger partial charge on any atom is 0.122 e. The van der Waals surface area contributed by atoms with Crippen LogP contribution in [-0.4, -0.2) is 0 Å². The maximum absolute atomic E-state index is 6.29. The van der Waals surface area contributed by atoms with Crippen LogP contribution in [0.4, 0.5) is 0 Å². The Kier molecular flexibility index (Phi) is 3.72. The highest BCUT2D eigenvalue weighted by atomic mass is 79.9. The molecule has 1 aromatic carbocycles. The van der Waals surface area contributed by atoms with Crippen molar-refractivity contribution in [3.05, 3.63) is 58.0 Å². The van der Waals surface area contributed by atoms with Gasteiger partial charge in [0.05, 0.1) is 5.38 Å². The summed E-state index contributed by atoms with van der Waals surface area (Å²) in [5.41, 5.74) is 1.21. The zero-order valence-electron chi connectivity index (χ0n) is 8.91. The highest BCUT2D eigenvalue weighted by Crippen LogP contribution is 2.27. The molecule has 1 aromatic heterocycles. The van der Waals surface area contributed by atoms with Crippen LogP contribution in [0, 0.1) is 6.92 Å². The monoisotopic (exact) mass is 298 g/mol. The van der Waals surface area contributed by atoms with Crippen LogP contribution >= 0.6 is 27.5 Å². The Bertz CT molecular complexity index is 461. The van der Waals surface area contributed by atoms with Gasteiger partial charge in [0.1, 0.15) is 11.5 Å². The third-order valence-corrected chi connectivity index (χ3v) is 3.30. The number of benzene rings is 1. The van der Waals surface area contributed by atoms with Crippen molar-refractivity contribution in [1.29, 1.82) is 0 Å². The molecule has 0 aliphatic carbocycles. The number of furan rings is 1. The molecule has 1 atom stereocenters. The molecule has 0 amide bonds. The molecule has 1 heterocycles. The average molecular weight is 300 g/mol. The van der Waals surface area contributed by atoms with E-state index in [1.54, 1.807) is 0 Å². The molecule has 0 saturated carbocycles. The number of aryl methyl sites for hydroxylation is 1. The molecule has 0 radical (unpaired) electrons. The Morgan fingerprint density at radius 1 is 1.19 bits per heavy atom. The van der Waals surface area contributed by atoms with E-state index in [0.29, 0.717) is 0 Å². The number of hydrogen-bond acceptors (Lipinski definition) is 1. The molecule has 0 fully saturated rings. The number of halogens is 2. The summed E-state index contributed by atoms with van der Waals surface area (Å²) in [5, 5.41) is -0.102. The van der Waals surface area contributed by atoms with Crippen LogP contribution in [0.2, 0.25) is 0 Å². The third kappa shape index (κ3) is 2.89. The highest BCUT2D eigenvalue weighted by Gasteiger charge is 2.12. The first-order valence-corrected chi connectivity index (χ1v) is 6.33. The lowest BCUT2D eigenvalue weighted by Crippen LogP contribution is -1.93. The largest absolute Gasteiger partial charge is 0.465 e. The van der Waals surface area contributed by atoms with E-state index in [4.69, 9.17) is 16.0 Å². The van der Waals surface area contributed by atoms with Gasteiger partial charge in [0, 0.05) is 4.47 Å². The van der Waals surface area contributed by atoms with Gasteiger partial charge in [0.15, 0.2) is 0 Å². The van der Waals surface area contributed by atoms with Gasteiger partial charge in [-0.2, -0.15) is 0 Å². The minimum atomic E-state index is -0.102. The molecule has 0 saturated heterocycles. The first-order chi connectivity index (χ1) is 7.65. The lowest BCUT2D eigenvalue weighted by molar-refractivity contribution is 0.477. The Morgan fingerprint density at radius 2 is 1.88 bits per heavy atom. The molecule has 3 heteroatoms. The lowest BCUT2D eigenvalue weighted by Gasteiger charge is -2.06. The van der Waals surface area contributed by atoms with Crippen LogP contribution in [0.5, 0.6) is 0 Å². The Labute approximate surface area is 109 Å². The topological polar surface area (TPSA) is 13.1 Å². The smallest absolute Gasteiger partial charge is 0.122 e. The fourth-order valence-corrected chi connectivity index (χ4v) is 2.11. The minimum absolute atomic E-state index is 0.102. The molecular formula is C13H12BrClO. The van der Waals surface area contributed by atoms with Gasteiger partial charge in [-0.15, -0.1) is 11.6 Å². The van der Waals surface area contributed by atoms with Crippen molar-refractivity contribution >= 4 is 27.5 Å². The zero-order valence-corrected chi connectivity index (χ0v) is 11.3. The lowest BCUT2D eigenvalue weighted by atomic mass is 10.1. The third-order valence-electron chi connectivity index (χ3n) is 2.40. The normalized spacial score (nSPS) is 12.7. The molecular weight excluding hydrogens is 287 g/mol. The van der Waals surface area contributed by atoms with Gasteiger partial charge in [-0.05, 0) is 43.2 Å². The van der Waals surface area contributed by atoms with Gasteiger partial charge in [0.2, 0.25) is 0 Å². The van der Waals surface area contributed by atoms with E-state index in [1.807, 2.05) is 31.2 Å². The number of rotatable bonds is 3. The molecule has 0 N–H and O–H groups in total. The van der Waals surface area contributed by atoms with Crippen molar-refractivity contribution in [2.45, 2.75) is 18.7 Å². The van der Waals surface area contributed by atoms with E-state index in [-0.39, 0.29) is 5.38 Å². The summed E-state index contributed by atoms with van der Waals surface area (Å²) >= 11 is 9.70. The van der Waals surface area contributed by atoms with Gasteiger partial charge in [0.25, 0.3) is 0 Å². The summed E-state index contributed by atoms with van der Waals surface area (Å²) in [6, 6.07) is 12.0. The predicted octanol–water partition coefficient (Wildman–Crippen LogP) is 4.87. The van der Waals surface area contributed by atoms with Gasteiger partial charge >= 0.3 is 0 Å². The Morgan fingerprint density at radius 3 is 2.44 bits per heavy atom. The Hall–Kier alpha value is -0.730. The van der Waals surface area contributed by atoms with Crippen molar-refractivity contribution in [2.24, 2.45) is 0 Å². The van der Waals surface area contributed by atoms with Gasteiger partial charge < -0.3 is 4.42 Å². The summed E-state index contributed by atoms with van der Waals surface area (Å²) in [6.45, 7) is 1.92. The van der Waals surface area contributed by atoms with E-state index >= 15 is 0 Å². The molecule has 2 aromatic rings. The second-order valence-electron chi connectivity index (χ2n) is 3.75. The van der Waals surface area contributed by atoms with Crippen LogP contribution in [0.3, 0.4) is 0 Å². The molecule has 2 rings (SSSR count). The fraction of sp³-hybridized carbons (Fsp3) is 0.231. The SMILES string of the molecule is Cc1ccc(C(Cl)Cc2ccc(Br)cc2)o1. The van der Waals surface area contributed by atoms with Crippen LogP contribution in [0.1, 0.15) is 22.5 Å². The van der Waals surface area contributed by atoms with Crippen molar-refractivity contribution in [1.82, 2.24) is 0 Å². The second-order valence-corrected chi connectivity index (χ2v) is 5.19. The van der Waals surface area contributed by atoms with Crippen LogP contribution in [0.15, 0.2) is 45.3 Å². The first-order valence-electron chi connectivity index (χ1n) is 5.10. The summed E-state index contributed by atoms with van der Waals surface area (Å²) in [4.78, 5) is 0. The van der Waals surface area contributed by atoms with Gasteiger partial charge in [-0.1, -0.05) is 28.1 Å². The quantitative estimate of drug-likeness (QED) is 0.737. The van der Waals surface area contributed by atoms with E-state index in [9.17, 15) is 0 Å². The van der Waals surface area contributed by atoms with E-state index in [2.05, 4.69) is 28.1 Å². The van der Waals surface area contributed by atoms with Crippen LogP contribution in [0.25, 0.3) is 0 Å². The second kappa shape index (κ2) is 5.07. The summed E-state index contributed by atoms with van der Waals surface area (Å²) in [6.07, 6.45) is 0.780. The zero-order chi connectivity index (χ0) is 11.5. The van der Waals surface area contributed by atoms with Crippen molar-refractivity contribution < 1.29 is 4.42 Å². The van der Waals surface area contributed by atoms with Crippen molar-refractivity contribution in [3.63, 3.8) is 0 Å². The van der Waals surface area contributed by atoms with Crippen LogP contribution < -0.4 is 0 Å². The standard InChI is InChI=1S/C13H12BrClO/c1-9-2-7-13(16-9)12(15)8-10-3-5-11(14)6-4-10/h2-7,12H,8H2,1H3. The number of alkyl halides is 1.